The van der Waals surface area contributed by atoms with Gasteiger partial charge in [-0.3, -0.25) is 19.2 Å². The van der Waals surface area contributed by atoms with Crippen LogP contribution in [0, 0.1) is 11.6 Å². The molecule has 0 saturated heterocycles. The molecule has 0 saturated carbocycles. The number of para-hydroxylation sites is 1. The second-order valence-corrected chi connectivity index (χ2v) is 4.80. The molecule has 0 aromatic heterocycles. The Morgan fingerprint density at radius 2 is 1.71 bits per heavy atom. The number of rotatable bonds is 6. The fourth-order valence-electron chi connectivity index (χ4n) is 1.67. The number of halogens is 2. The van der Waals surface area contributed by atoms with Crippen LogP contribution < -0.4 is 16.0 Å². The van der Waals surface area contributed by atoms with Gasteiger partial charge in [-0.05, 0) is 19.1 Å². The van der Waals surface area contributed by atoms with Crippen molar-refractivity contribution in [3.63, 3.8) is 0 Å². The van der Waals surface area contributed by atoms with Crippen LogP contribution >= 0.6 is 0 Å². The zero-order chi connectivity index (χ0) is 18.3. The van der Waals surface area contributed by atoms with E-state index in [1.165, 1.54) is 6.92 Å². The van der Waals surface area contributed by atoms with Gasteiger partial charge in [0.15, 0.2) is 0 Å². The molecule has 0 radical (unpaired) electrons. The summed E-state index contributed by atoms with van der Waals surface area (Å²) in [4.78, 5) is 44.9. The van der Waals surface area contributed by atoms with Crippen LogP contribution in [0.3, 0.4) is 0 Å². The molecule has 1 rings (SSSR count). The largest absolute Gasteiger partial charge is 0.481 e. The summed E-state index contributed by atoms with van der Waals surface area (Å²) in [5, 5.41) is 14.5. The van der Waals surface area contributed by atoms with Crippen LogP contribution in [0.2, 0.25) is 0 Å². The Balaban J connectivity index is 2.49. The van der Waals surface area contributed by atoms with Crippen LogP contribution in [0.25, 0.3) is 0 Å². The number of carbonyl (C=O) groups is 4. The van der Waals surface area contributed by atoms with Gasteiger partial charge in [0.1, 0.15) is 17.3 Å². The van der Waals surface area contributed by atoms with Crippen molar-refractivity contribution in [2.45, 2.75) is 19.4 Å². The summed E-state index contributed by atoms with van der Waals surface area (Å²) in [5.41, 5.74) is -0.780. The van der Waals surface area contributed by atoms with Crippen molar-refractivity contribution in [2.75, 3.05) is 11.9 Å². The number of carbonyl (C=O) groups excluding carboxylic acids is 3. The monoisotopic (exact) mass is 343 g/mol. The molecule has 1 aromatic rings. The second kappa shape index (κ2) is 8.56. The van der Waals surface area contributed by atoms with Crippen molar-refractivity contribution in [3.05, 3.63) is 29.8 Å². The van der Waals surface area contributed by atoms with Gasteiger partial charge in [0, 0.05) is 6.04 Å². The Hall–Kier alpha value is -3.04. The molecule has 1 unspecified atom stereocenters. The van der Waals surface area contributed by atoms with Gasteiger partial charge in [0.2, 0.25) is 5.91 Å². The number of benzene rings is 1. The lowest BCUT2D eigenvalue weighted by atomic mass is 10.2. The molecule has 8 nitrogen and oxygen atoms in total. The molecule has 1 aromatic carbocycles. The lowest BCUT2D eigenvalue weighted by Crippen LogP contribution is -2.44. The van der Waals surface area contributed by atoms with Gasteiger partial charge in [0.25, 0.3) is 0 Å². The number of anilines is 1. The van der Waals surface area contributed by atoms with E-state index >= 15 is 0 Å². The van der Waals surface area contributed by atoms with E-state index in [2.05, 4.69) is 5.32 Å². The Labute approximate surface area is 135 Å². The average molecular weight is 343 g/mol. The molecule has 0 spiro atoms. The molecule has 0 aliphatic rings. The summed E-state index contributed by atoms with van der Waals surface area (Å²) in [6.45, 7) is 0.845. The van der Waals surface area contributed by atoms with Crippen LogP contribution in [-0.2, 0) is 19.2 Å². The standard InChI is InChI=1S/C14H15F2N3O5/c1-7(5-11(21)22)18-10(20)6-17-13(23)14(24)19-12-8(15)3-2-4-9(12)16/h2-4,7H,5-6H2,1H3,(H,17,23)(H,18,20)(H,19,24)(H,21,22). The smallest absolute Gasteiger partial charge is 0.313 e. The highest BCUT2D eigenvalue weighted by molar-refractivity contribution is 6.39. The number of carboxylic acid groups (broad SMARTS) is 1. The first-order valence-electron chi connectivity index (χ1n) is 6.75. The number of hydrogen-bond acceptors (Lipinski definition) is 4. The molecular formula is C14H15F2N3O5. The Morgan fingerprint density at radius 3 is 2.25 bits per heavy atom. The molecular weight excluding hydrogens is 328 g/mol. The predicted molar refractivity (Wildman–Crippen MR) is 77.9 cm³/mol. The van der Waals surface area contributed by atoms with Crippen LogP contribution in [0.4, 0.5) is 14.5 Å². The number of nitrogens with one attached hydrogen (secondary N) is 3. The quantitative estimate of drug-likeness (QED) is 0.541. The van der Waals surface area contributed by atoms with E-state index in [0.717, 1.165) is 18.2 Å². The molecule has 130 valence electrons. The van der Waals surface area contributed by atoms with Crippen molar-refractivity contribution in [3.8, 4) is 0 Å². The lowest BCUT2D eigenvalue weighted by Gasteiger charge is -2.12. The summed E-state index contributed by atoms with van der Waals surface area (Å²) in [6, 6.07) is 2.21. The maximum atomic E-state index is 13.3. The van der Waals surface area contributed by atoms with Gasteiger partial charge < -0.3 is 21.1 Å². The van der Waals surface area contributed by atoms with Crippen LogP contribution in [0.15, 0.2) is 18.2 Å². The highest BCUT2D eigenvalue weighted by atomic mass is 19.1. The second-order valence-electron chi connectivity index (χ2n) is 4.80. The van der Waals surface area contributed by atoms with E-state index in [0.29, 0.717) is 0 Å². The first-order valence-corrected chi connectivity index (χ1v) is 6.75. The van der Waals surface area contributed by atoms with Crippen molar-refractivity contribution in [2.24, 2.45) is 0 Å². The molecule has 10 heteroatoms. The molecule has 3 amide bonds. The zero-order valence-corrected chi connectivity index (χ0v) is 12.6. The third kappa shape index (κ3) is 5.99. The molecule has 4 N–H and O–H groups in total. The summed E-state index contributed by atoms with van der Waals surface area (Å²) in [5.74, 6) is -6.59. The van der Waals surface area contributed by atoms with E-state index in [1.54, 1.807) is 5.32 Å². The van der Waals surface area contributed by atoms with Gasteiger partial charge in [-0.2, -0.15) is 0 Å². The molecule has 0 bridgehead atoms. The first-order chi connectivity index (χ1) is 11.2. The number of hydrogen-bond donors (Lipinski definition) is 4. The lowest BCUT2D eigenvalue weighted by molar-refractivity contribution is -0.138. The van der Waals surface area contributed by atoms with E-state index in [-0.39, 0.29) is 6.42 Å². The summed E-state index contributed by atoms with van der Waals surface area (Å²) in [6.07, 6.45) is -0.313. The highest BCUT2D eigenvalue weighted by Crippen LogP contribution is 2.17. The molecule has 0 aliphatic carbocycles. The van der Waals surface area contributed by atoms with Gasteiger partial charge in [-0.15, -0.1) is 0 Å². The Bertz CT molecular complexity index is 646. The SMILES string of the molecule is CC(CC(=O)O)NC(=O)CNC(=O)C(=O)Nc1c(F)cccc1F. The number of amides is 3. The van der Waals surface area contributed by atoms with Gasteiger partial charge in [-0.25, -0.2) is 8.78 Å². The Morgan fingerprint density at radius 1 is 1.12 bits per heavy atom. The minimum Gasteiger partial charge on any atom is -0.481 e. The minimum atomic E-state index is -1.36. The number of carboxylic acids is 1. The van der Waals surface area contributed by atoms with Crippen molar-refractivity contribution in [1.82, 2.24) is 10.6 Å². The van der Waals surface area contributed by atoms with E-state index in [9.17, 15) is 28.0 Å². The number of aliphatic carboxylic acids is 1. The summed E-state index contributed by atoms with van der Waals surface area (Å²) >= 11 is 0. The average Bonchev–Trinajstić information content (AvgIpc) is 2.47. The molecule has 0 heterocycles. The topological polar surface area (TPSA) is 125 Å². The molecule has 24 heavy (non-hydrogen) atoms. The predicted octanol–water partition coefficient (Wildman–Crippen LogP) is -0.00110. The highest BCUT2D eigenvalue weighted by Gasteiger charge is 2.19. The van der Waals surface area contributed by atoms with E-state index < -0.39 is 53.6 Å². The van der Waals surface area contributed by atoms with E-state index in [4.69, 9.17) is 5.11 Å². The van der Waals surface area contributed by atoms with Gasteiger partial charge >= 0.3 is 17.8 Å². The molecule has 0 fully saturated rings. The van der Waals surface area contributed by atoms with Crippen molar-refractivity contribution in [1.29, 1.82) is 0 Å². The van der Waals surface area contributed by atoms with Gasteiger partial charge in [-0.1, -0.05) is 6.07 Å². The van der Waals surface area contributed by atoms with Crippen LogP contribution in [0.5, 0.6) is 0 Å². The summed E-state index contributed by atoms with van der Waals surface area (Å²) in [7, 11) is 0. The molecule has 0 aliphatic heterocycles. The fourth-order valence-corrected chi connectivity index (χ4v) is 1.67. The summed E-state index contributed by atoms with van der Waals surface area (Å²) < 4.78 is 26.7. The maximum absolute atomic E-state index is 13.3. The molecule has 1 atom stereocenters. The van der Waals surface area contributed by atoms with Crippen LogP contribution in [0.1, 0.15) is 13.3 Å². The van der Waals surface area contributed by atoms with Crippen molar-refractivity contribution < 1.29 is 33.1 Å². The maximum Gasteiger partial charge on any atom is 0.313 e. The van der Waals surface area contributed by atoms with E-state index in [1.807, 2.05) is 5.32 Å². The third-order valence-corrected chi connectivity index (χ3v) is 2.71. The fraction of sp³-hybridized carbons (Fsp3) is 0.286. The Kier molecular flexibility index (Phi) is 6.78. The normalized spacial score (nSPS) is 11.3. The van der Waals surface area contributed by atoms with Gasteiger partial charge in [0.05, 0.1) is 13.0 Å². The van der Waals surface area contributed by atoms with Crippen LogP contribution in [-0.4, -0.2) is 41.4 Å². The minimum absolute atomic E-state index is 0.313. The zero-order valence-electron chi connectivity index (χ0n) is 12.6. The van der Waals surface area contributed by atoms with Crippen molar-refractivity contribution >= 4 is 29.4 Å². The first kappa shape index (κ1) is 19.0. The third-order valence-electron chi connectivity index (χ3n) is 2.71.